The van der Waals surface area contributed by atoms with Gasteiger partial charge in [0.2, 0.25) is 0 Å². The van der Waals surface area contributed by atoms with E-state index in [9.17, 15) is 4.79 Å². The van der Waals surface area contributed by atoms with Crippen molar-refractivity contribution in [1.29, 1.82) is 0 Å². The van der Waals surface area contributed by atoms with Gasteiger partial charge in [-0.05, 0) is 37.3 Å². The molecule has 0 amide bonds. The number of carbonyl (C=O) groups excluding carboxylic acids is 1. The molecule has 1 heterocycles. The fraction of sp³-hybridized carbons (Fsp3) is 0.176. The zero-order valence-corrected chi connectivity index (χ0v) is 13.2. The smallest absolute Gasteiger partial charge is 0.166 e. The van der Waals surface area contributed by atoms with Crippen molar-refractivity contribution < 1.29 is 9.53 Å². The second kappa shape index (κ2) is 6.23. The third-order valence-electron chi connectivity index (χ3n) is 3.42. The lowest BCUT2D eigenvalue weighted by Gasteiger charge is -2.08. The van der Waals surface area contributed by atoms with Crippen LogP contribution in [0.15, 0.2) is 47.6 Å². The molecule has 0 aliphatic carbocycles. The standard InChI is InChI=1S/C17H16N2O2S/c1-11(20)12-7-8-16(21-2)13(9-12)10-22-17-18-14-5-3-4-6-15(14)19-17/h3-9H,10H2,1-2H3,(H,18,19). The van der Waals surface area contributed by atoms with E-state index in [0.29, 0.717) is 11.3 Å². The van der Waals surface area contributed by atoms with Gasteiger partial charge in [-0.3, -0.25) is 4.79 Å². The van der Waals surface area contributed by atoms with Crippen molar-refractivity contribution in [2.75, 3.05) is 7.11 Å². The van der Waals surface area contributed by atoms with Gasteiger partial charge in [0.25, 0.3) is 0 Å². The van der Waals surface area contributed by atoms with Crippen molar-refractivity contribution >= 4 is 28.6 Å². The monoisotopic (exact) mass is 312 g/mol. The van der Waals surface area contributed by atoms with E-state index in [1.54, 1.807) is 31.9 Å². The number of hydrogen-bond donors (Lipinski definition) is 1. The van der Waals surface area contributed by atoms with Crippen LogP contribution < -0.4 is 4.74 Å². The Morgan fingerprint density at radius 3 is 2.82 bits per heavy atom. The van der Waals surface area contributed by atoms with Gasteiger partial charge < -0.3 is 9.72 Å². The number of nitrogens with zero attached hydrogens (tertiary/aromatic N) is 1. The third-order valence-corrected chi connectivity index (χ3v) is 4.34. The zero-order valence-electron chi connectivity index (χ0n) is 12.4. The number of aromatic amines is 1. The molecule has 0 atom stereocenters. The van der Waals surface area contributed by atoms with E-state index in [4.69, 9.17) is 4.74 Å². The maximum atomic E-state index is 11.5. The Hall–Kier alpha value is -2.27. The first-order valence-electron chi connectivity index (χ1n) is 6.93. The molecule has 2 aromatic carbocycles. The van der Waals surface area contributed by atoms with E-state index >= 15 is 0 Å². The molecule has 4 nitrogen and oxygen atoms in total. The Bertz CT molecular complexity index is 793. The Labute approximate surface area is 132 Å². The first-order valence-corrected chi connectivity index (χ1v) is 7.91. The van der Waals surface area contributed by atoms with E-state index < -0.39 is 0 Å². The molecule has 3 aromatic rings. The van der Waals surface area contributed by atoms with E-state index in [2.05, 4.69) is 9.97 Å². The Morgan fingerprint density at radius 1 is 1.27 bits per heavy atom. The van der Waals surface area contributed by atoms with Crippen LogP contribution in [0.1, 0.15) is 22.8 Å². The van der Waals surface area contributed by atoms with Crippen LogP contribution in [0.2, 0.25) is 0 Å². The number of rotatable bonds is 5. The van der Waals surface area contributed by atoms with Gasteiger partial charge in [0.15, 0.2) is 10.9 Å². The maximum absolute atomic E-state index is 11.5. The maximum Gasteiger partial charge on any atom is 0.166 e. The number of fused-ring (bicyclic) bond motifs is 1. The molecule has 22 heavy (non-hydrogen) atoms. The van der Waals surface area contributed by atoms with E-state index in [1.165, 1.54) is 0 Å². The lowest BCUT2D eigenvalue weighted by atomic mass is 10.1. The highest BCUT2D eigenvalue weighted by molar-refractivity contribution is 7.98. The SMILES string of the molecule is COc1ccc(C(C)=O)cc1CSc1nc2ccccc2[nH]1. The topological polar surface area (TPSA) is 55.0 Å². The number of carbonyl (C=O) groups is 1. The van der Waals surface area contributed by atoms with Crippen molar-refractivity contribution in [1.82, 2.24) is 9.97 Å². The molecule has 5 heteroatoms. The number of methoxy groups -OCH3 is 1. The lowest BCUT2D eigenvalue weighted by molar-refractivity contribution is 0.101. The predicted molar refractivity (Wildman–Crippen MR) is 88.7 cm³/mol. The number of ether oxygens (including phenoxy) is 1. The second-order valence-corrected chi connectivity index (χ2v) is 5.89. The second-order valence-electron chi connectivity index (χ2n) is 4.93. The number of ketones is 1. The van der Waals surface area contributed by atoms with E-state index in [0.717, 1.165) is 27.5 Å². The number of hydrogen-bond acceptors (Lipinski definition) is 4. The van der Waals surface area contributed by atoms with Gasteiger partial charge in [0.1, 0.15) is 5.75 Å². The number of thioether (sulfide) groups is 1. The summed E-state index contributed by atoms with van der Waals surface area (Å²) in [4.78, 5) is 19.3. The summed E-state index contributed by atoms with van der Waals surface area (Å²) in [6.45, 7) is 1.57. The van der Waals surface area contributed by atoms with Crippen molar-refractivity contribution in [3.05, 3.63) is 53.6 Å². The molecule has 0 fully saturated rings. The summed E-state index contributed by atoms with van der Waals surface area (Å²) in [6, 6.07) is 13.4. The first-order chi connectivity index (χ1) is 10.7. The quantitative estimate of drug-likeness (QED) is 0.570. The minimum Gasteiger partial charge on any atom is -0.496 e. The minimum absolute atomic E-state index is 0.0534. The molecule has 0 radical (unpaired) electrons. The number of benzene rings is 2. The molecule has 0 aliphatic heterocycles. The molecule has 3 rings (SSSR count). The van der Waals surface area contributed by atoms with Gasteiger partial charge in [-0.2, -0.15) is 0 Å². The van der Waals surface area contributed by atoms with Gasteiger partial charge in [-0.15, -0.1) is 0 Å². The molecule has 0 aliphatic rings. The Balaban J connectivity index is 1.83. The predicted octanol–water partition coefficient (Wildman–Crippen LogP) is 4.07. The normalized spacial score (nSPS) is 10.8. The summed E-state index contributed by atoms with van der Waals surface area (Å²) < 4.78 is 5.37. The molecule has 1 aromatic heterocycles. The lowest BCUT2D eigenvalue weighted by Crippen LogP contribution is -1.97. The molecule has 112 valence electrons. The number of imidazole rings is 1. The fourth-order valence-electron chi connectivity index (χ4n) is 2.25. The van der Waals surface area contributed by atoms with Crippen LogP contribution in [0, 0.1) is 0 Å². The highest BCUT2D eigenvalue weighted by Gasteiger charge is 2.09. The highest BCUT2D eigenvalue weighted by atomic mass is 32.2. The number of aromatic nitrogens is 2. The zero-order chi connectivity index (χ0) is 15.5. The van der Waals surface area contributed by atoms with E-state index in [1.807, 2.05) is 36.4 Å². The van der Waals surface area contributed by atoms with Crippen LogP contribution in [-0.2, 0) is 5.75 Å². The summed E-state index contributed by atoms with van der Waals surface area (Å²) in [5.74, 6) is 1.52. The number of Topliss-reactive ketones (excluding diaryl/α,β-unsaturated/α-hetero) is 1. The van der Waals surface area contributed by atoms with E-state index in [-0.39, 0.29) is 5.78 Å². The van der Waals surface area contributed by atoms with Crippen molar-refractivity contribution in [2.45, 2.75) is 17.8 Å². The van der Waals surface area contributed by atoms with Gasteiger partial charge in [-0.25, -0.2) is 4.98 Å². The summed E-state index contributed by atoms with van der Waals surface area (Å²) in [6.07, 6.45) is 0. The average Bonchev–Trinajstić information content (AvgIpc) is 2.95. The van der Waals surface area contributed by atoms with Crippen LogP contribution in [0.25, 0.3) is 11.0 Å². The van der Waals surface area contributed by atoms with Crippen LogP contribution >= 0.6 is 11.8 Å². The minimum atomic E-state index is 0.0534. The van der Waals surface area contributed by atoms with Crippen molar-refractivity contribution in [2.24, 2.45) is 0 Å². The molecule has 0 bridgehead atoms. The van der Waals surface area contributed by atoms with Crippen LogP contribution in [0.4, 0.5) is 0 Å². The van der Waals surface area contributed by atoms with Gasteiger partial charge in [0, 0.05) is 16.9 Å². The fourth-order valence-corrected chi connectivity index (χ4v) is 3.12. The van der Waals surface area contributed by atoms with Crippen molar-refractivity contribution in [3.63, 3.8) is 0 Å². The van der Waals surface area contributed by atoms with Gasteiger partial charge in [0.05, 0.1) is 18.1 Å². The summed E-state index contributed by atoms with van der Waals surface area (Å²) in [7, 11) is 1.64. The summed E-state index contributed by atoms with van der Waals surface area (Å²) in [5.41, 5.74) is 3.66. The number of para-hydroxylation sites is 2. The van der Waals surface area contributed by atoms with Crippen molar-refractivity contribution in [3.8, 4) is 5.75 Å². The largest absolute Gasteiger partial charge is 0.496 e. The molecule has 0 spiro atoms. The summed E-state index contributed by atoms with van der Waals surface area (Å²) in [5, 5.41) is 0.858. The Kier molecular flexibility index (Phi) is 4.15. The highest BCUT2D eigenvalue weighted by Crippen LogP contribution is 2.28. The average molecular weight is 312 g/mol. The molecule has 0 unspecified atom stereocenters. The molecule has 1 N–H and O–H groups in total. The summed E-state index contributed by atoms with van der Waals surface area (Å²) >= 11 is 1.59. The Morgan fingerprint density at radius 2 is 2.09 bits per heavy atom. The van der Waals surface area contributed by atoms with Crippen LogP contribution in [0.3, 0.4) is 0 Å². The van der Waals surface area contributed by atoms with Crippen LogP contribution in [-0.4, -0.2) is 22.9 Å². The third kappa shape index (κ3) is 2.99. The molecule has 0 saturated heterocycles. The van der Waals surface area contributed by atoms with Gasteiger partial charge >= 0.3 is 0 Å². The molecular weight excluding hydrogens is 296 g/mol. The molecular formula is C17H16N2O2S. The molecule has 0 saturated carbocycles. The number of H-pyrrole nitrogens is 1. The van der Waals surface area contributed by atoms with Gasteiger partial charge in [-0.1, -0.05) is 23.9 Å². The number of nitrogens with one attached hydrogen (secondary N) is 1. The first kappa shape index (κ1) is 14.7. The van der Waals surface area contributed by atoms with Crippen LogP contribution in [0.5, 0.6) is 5.75 Å².